The SMILES string of the molecule is CCOC(=O)CCNC1=NCCCS1. The summed E-state index contributed by atoms with van der Waals surface area (Å²) in [5.74, 6) is 0.965. The maximum atomic E-state index is 11.0. The Morgan fingerprint density at radius 2 is 2.57 bits per heavy atom. The van der Waals surface area contributed by atoms with Crippen molar-refractivity contribution in [2.75, 3.05) is 25.4 Å². The van der Waals surface area contributed by atoms with Crippen LogP contribution >= 0.6 is 11.8 Å². The lowest BCUT2D eigenvalue weighted by Crippen LogP contribution is -2.26. The molecule has 80 valence electrons. The number of thioether (sulfide) groups is 1. The van der Waals surface area contributed by atoms with Gasteiger partial charge in [0.05, 0.1) is 13.0 Å². The van der Waals surface area contributed by atoms with Crippen LogP contribution < -0.4 is 5.32 Å². The van der Waals surface area contributed by atoms with Crippen molar-refractivity contribution in [2.24, 2.45) is 4.99 Å². The van der Waals surface area contributed by atoms with Crippen molar-refractivity contribution < 1.29 is 9.53 Å². The van der Waals surface area contributed by atoms with Crippen LogP contribution in [0.4, 0.5) is 0 Å². The van der Waals surface area contributed by atoms with E-state index in [0.717, 1.165) is 23.9 Å². The molecule has 5 heteroatoms. The molecule has 0 radical (unpaired) electrons. The first-order valence-electron chi connectivity index (χ1n) is 4.89. The van der Waals surface area contributed by atoms with Gasteiger partial charge in [-0.25, -0.2) is 0 Å². The highest BCUT2D eigenvalue weighted by Crippen LogP contribution is 2.09. The highest BCUT2D eigenvalue weighted by Gasteiger charge is 2.06. The Morgan fingerprint density at radius 3 is 3.21 bits per heavy atom. The van der Waals surface area contributed by atoms with Gasteiger partial charge in [-0.1, -0.05) is 11.8 Å². The van der Waals surface area contributed by atoms with E-state index >= 15 is 0 Å². The fourth-order valence-electron chi connectivity index (χ4n) is 1.07. The average molecular weight is 216 g/mol. The monoisotopic (exact) mass is 216 g/mol. The van der Waals surface area contributed by atoms with E-state index in [1.165, 1.54) is 0 Å². The first-order valence-corrected chi connectivity index (χ1v) is 5.88. The lowest BCUT2D eigenvalue weighted by Gasteiger charge is -2.12. The number of nitrogens with one attached hydrogen (secondary N) is 1. The van der Waals surface area contributed by atoms with Gasteiger partial charge in [0.2, 0.25) is 0 Å². The third-order valence-electron chi connectivity index (χ3n) is 1.71. The fraction of sp³-hybridized carbons (Fsp3) is 0.778. The Hall–Kier alpha value is -0.710. The van der Waals surface area contributed by atoms with Crippen LogP contribution in [-0.2, 0) is 9.53 Å². The molecule has 0 aliphatic carbocycles. The normalized spacial score (nSPS) is 15.9. The van der Waals surface area contributed by atoms with E-state index in [1.807, 2.05) is 6.92 Å². The van der Waals surface area contributed by atoms with E-state index in [2.05, 4.69) is 10.3 Å². The molecule has 1 aliphatic heterocycles. The number of aliphatic imine (C=N–C) groups is 1. The maximum Gasteiger partial charge on any atom is 0.307 e. The molecule has 0 atom stereocenters. The Bertz CT molecular complexity index is 219. The number of nitrogens with zero attached hydrogens (tertiary/aromatic N) is 1. The Kier molecular flexibility index (Phi) is 5.44. The molecule has 0 saturated heterocycles. The standard InChI is InChI=1S/C9H16N2O2S/c1-2-13-8(12)4-6-11-9-10-5-3-7-14-9/h2-7H2,1H3,(H,10,11). The molecule has 1 rings (SSSR count). The second kappa shape index (κ2) is 6.70. The van der Waals surface area contributed by atoms with Gasteiger partial charge in [0.1, 0.15) is 0 Å². The third kappa shape index (κ3) is 4.50. The minimum absolute atomic E-state index is 0.151. The van der Waals surface area contributed by atoms with Crippen molar-refractivity contribution in [3.8, 4) is 0 Å². The lowest BCUT2D eigenvalue weighted by atomic mass is 10.4. The lowest BCUT2D eigenvalue weighted by molar-refractivity contribution is -0.142. The zero-order chi connectivity index (χ0) is 10.2. The molecule has 0 spiro atoms. The molecule has 1 heterocycles. The molecule has 0 aromatic rings. The minimum Gasteiger partial charge on any atom is -0.466 e. The predicted molar refractivity (Wildman–Crippen MR) is 58.6 cm³/mol. The third-order valence-corrected chi connectivity index (χ3v) is 2.75. The van der Waals surface area contributed by atoms with Gasteiger partial charge in [-0.3, -0.25) is 9.79 Å². The molecule has 1 aliphatic rings. The van der Waals surface area contributed by atoms with Gasteiger partial charge in [-0.15, -0.1) is 0 Å². The quantitative estimate of drug-likeness (QED) is 0.713. The minimum atomic E-state index is -0.151. The zero-order valence-electron chi connectivity index (χ0n) is 8.41. The van der Waals surface area contributed by atoms with Crippen LogP contribution in [0.15, 0.2) is 4.99 Å². The van der Waals surface area contributed by atoms with Crippen molar-refractivity contribution in [1.29, 1.82) is 0 Å². The van der Waals surface area contributed by atoms with Gasteiger partial charge in [0.25, 0.3) is 0 Å². The number of amidine groups is 1. The van der Waals surface area contributed by atoms with Crippen LogP contribution in [0.2, 0.25) is 0 Å². The van der Waals surface area contributed by atoms with Crippen LogP contribution in [0.5, 0.6) is 0 Å². The predicted octanol–water partition coefficient (Wildman–Crippen LogP) is 1.02. The summed E-state index contributed by atoms with van der Waals surface area (Å²) in [5, 5.41) is 4.08. The van der Waals surface area contributed by atoms with Crippen molar-refractivity contribution >= 4 is 22.9 Å². The summed E-state index contributed by atoms with van der Waals surface area (Å²) in [4.78, 5) is 15.3. The van der Waals surface area contributed by atoms with Crippen LogP contribution in [0, 0.1) is 0 Å². The molecule has 0 unspecified atom stereocenters. The second-order valence-electron chi connectivity index (χ2n) is 2.87. The van der Waals surface area contributed by atoms with Gasteiger partial charge in [-0.2, -0.15) is 0 Å². The number of carbonyl (C=O) groups is 1. The number of ether oxygens (including phenoxy) is 1. The number of hydrogen-bond acceptors (Lipinski definition) is 5. The van der Waals surface area contributed by atoms with Crippen LogP contribution in [0.1, 0.15) is 19.8 Å². The summed E-state index contributed by atoms with van der Waals surface area (Å²) >= 11 is 1.71. The number of esters is 1. The molecule has 1 N–H and O–H groups in total. The van der Waals surface area contributed by atoms with Crippen molar-refractivity contribution in [3.05, 3.63) is 0 Å². The van der Waals surface area contributed by atoms with Crippen molar-refractivity contribution in [2.45, 2.75) is 19.8 Å². The molecule has 0 saturated carbocycles. The first kappa shape index (κ1) is 11.4. The van der Waals surface area contributed by atoms with E-state index in [1.54, 1.807) is 11.8 Å². The smallest absolute Gasteiger partial charge is 0.307 e. The van der Waals surface area contributed by atoms with Crippen LogP contribution in [-0.4, -0.2) is 36.6 Å². The topological polar surface area (TPSA) is 50.7 Å². The van der Waals surface area contributed by atoms with Crippen molar-refractivity contribution in [1.82, 2.24) is 5.32 Å². The summed E-state index contributed by atoms with van der Waals surface area (Å²) in [7, 11) is 0. The summed E-state index contributed by atoms with van der Waals surface area (Å²) in [6.45, 7) is 3.78. The van der Waals surface area contributed by atoms with E-state index < -0.39 is 0 Å². The number of rotatable bonds is 4. The maximum absolute atomic E-state index is 11.0. The molecule has 0 bridgehead atoms. The van der Waals surface area contributed by atoms with Gasteiger partial charge in [-0.05, 0) is 13.3 Å². The van der Waals surface area contributed by atoms with E-state index in [9.17, 15) is 4.79 Å². The second-order valence-corrected chi connectivity index (χ2v) is 3.95. The van der Waals surface area contributed by atoms with Gasteiger partial charge in [0.15, 0.2) is 5.17 Å². The van der Waals surface area contributed by atoms with Crippen molar-refractivity contribution in [3.63, 3.8) is 0 Å². The zero-order valence-corrected chi connectivity index (χ0v) is 9.23. The van der Waals surface area contributed by atoms with Crippen LogP contribution in [0.3, 0.4) is 0 Å². The molecule has 0 fully saturated rings. The van der Waals surface area contributed by atoms with Crippen LogP contribution in [0.25, 0.3) is 0 Å². The first-order chi connectivity index (χ1) is 6.83. The molecule has 0 amide bonds. The summed E-state index contributed by atoms with van der Waals surface area (Å²) < 4.78 is 4.81. The fourth-order valence-corrected chi connectivity index (χ4v) is 1.92. The molecular weight excluding hydrogens is 200 g/mol. The highest BCUT2D eigenvalue weighted by molar-refractivity contribution is 8.13. The highest BCUT2D eigenvalue weighted by atomic mass is 32.2. The summed E-state index contributed by atoms with van der Waals surface area (Å²) in [6.07, 6.45) is 1.56. The van der Waals surface area contributed by atoms with Gasteiger partial charge in [0, 0.05) is 18.8 Å². The summed E-state index contributed by atoms with van der Waals surface area (Å²) in [5.41, 5.74) is 0. The molecule has 0 aromatic carbocycles. The van der Waals surface area contributed by atoms with Gasteiger partial charge < -0.3 is 10.1 Å². The molecule has 4 nitrogen and oxygen atoms in total. The Labute approximate surface area is 88.5 Å². The molecule has 14 heavy (non-hydrogen) atoms. The Balaban J connectivity index is 2.08. The largest absolute Gasteiger partial charge is 0.466 e. The van der Waals surface area contributed by atoms with Gasteiger partial charge >= 0.3 is 5.97 Å². The Morgan fingerprint density at radius 1 is 1.71 bits per heavy atom. The average Bonchev–Trinajstić information content (AvgIpc) is 2.20. The summed E-state index contributed by atoms with van der Waals surface area (Å²) in [6, 6.07) is 0. The number of hydrogen-bond donors (Lipinski definition) is 1. The van der Waals surface area contributed by atoms with E-state index in [-0.39, 0.29) is 5.97 Å². The number of carbonyl (C=O) groups excluding carboxylic acids is 1. The van der Waals surface area contributed by atoms with E-state index in [0.29, 0.717) is 19.6 Å². The molecule has 0 aromatic heterocycles. The van der Waals surface area contributed by atoms with E-state index in [4.69, 9.17) is 4.74 Å². The molecular formula is C9H16N2O2S.